The Labute approximate surface area is 147 Å². The lowest BCUT2D eigenvalue weighted by atomic mass is 10.2. The number of rotatable bonds is 6. The minimum absolute atomic E-state index is 0.179. The van der Waals surface area contributed by atoms with E-state index in [0.29, 0.717) is 24.0 Å². The Balaban J connectivity index is 1.64. The van der Waals surface area contributed by atoms with Crippen LogP contribution in [0.5, 0.6) is 0 Å². The third-order valence-electron chi connectivity index (χ3n) is 4.75. The summed E-state index contributed by atoms with van der Waals surface area (Å²) in [7, 11) is 6.07. The monoisotopic (exact) mass is 346 g/mol. The van der Waals surface area contributed by atoms with E-state index in [4.69, 9.17) is 4.42 Å². The molecular formula is C17H26N6O2. The van der Waals surface area contributed by atoms with Gasteiger partial charge in [0.1, 0.15) is 11.5 Å². The van der Waals surface area contributed by atoms with Crippen molar-refractivity contribution in [3.63, 3.8) is 0 Å². The Hall–Kier alpha value is -2.19. The molecule has 1 fully saturated rings. The zero-order chi connectivity index (χ0) is 18.0. The maximum Gasteiger partial charge on any atom is 0.272 e. The van der Waals surface area contributed by atoms with Gasteiger partial charge in [-0.1, -0.05) is 0 Å². The number of nitrogens with one attached hydrogen (secondary N) is 1. The highest BCUT2D eigenvalue weighted by molar-refractivity contribution is 5.93. The highest BCUT2D eigenvalue weighted by Gasteiger charge is 2.26. The molecule has 2 aromatic heterocycles. The average molecular weight is 346 g/mol. The summed E-state index contributed by atoms with van der Waals surface area (Å²) in [5.74, 6) is 0.537. The zero-order valence-electron chi connectivity index (χ0n) is 15.3. The lowest BCUT2D eigenvalue weighted by Crippen LogP contribution is -2.31. The van der Waals surface area contributed by atoms with E-state index in [0.717, 1.165) is 37.3 Å². The second-order valence-corrected chi connectivity index (χ2v) is 6.86. The molecule has 8 heteroatoms. The summed E-state index contributed by atoms with van der Waals surface area (Å²) in [6.07, 6.45) is 4.47. The smallest absolute Gasteiger partial charge is 0.272 e. The van der Waals surface area contributed by atoms with Gasteiger partial charge in [0.25, 0.3) is 5.91 Å². The Bertz CT molecular complexity index is 735. The van der Waals surface area contributed by atoms with Crippen molar-refractivity contribution in [1.82, 2.24) is 29.9 Å². The molecule has 0 aliphatic carbocycles. The predicted molar refractivity (Wildman–Crippen MR) is 93.0 cm³/mol. The number of carbonyl (C=O) groups excluding carboxylic acids is 1. The van der Waals surface area contributed by atoms with E-state index >= 15 is 0 Å². The predicted octanol–water partition coefficient (Wildman–Crippen LogP) is 0.782. The minimum Gasteiger partial charge on any atom is -0.448 e. The molecule has 1 atom stereocenters. The molecule has 1 saturated heterocycles. The number of hydrogen-bond acceptors (Lipinski definition) is 6. The molecule has 1 unspecified atom stereocenters. The number of amides is 1. The van der Waals surface area contributed by atoms with Crippen LogP contribution in [0.15, 0.2) is 17.0 Å². The van der Waals surface area contributed by atoms with Crippen molar-refractivity contribution in [2.24, 2.45) is 7.05 Å². The van der Waals surface area contributed by atoms with E-state index in [1.54, 1.807) is 4.68 Å². The third kappa shape index (κ3) is 4.08. The van der Waals surface area contributed by atoms with E-state index in [1.165, 1.54) is 6.39 Å². The number of oxazole rings is 1. The molecule has 3 heterocycles. The van der Waals surface area contributed by atoms with Gasteiger partial charge >= 0.3 is 0 Å². The normalized spacial score (nSPS) is 18.2. The second kappa shape index (κ2) is 7.37. The van der Waals surface area contributed by atoms with Crippen molar-refractivity contribution in [2.75, 3.05) is 27.2 Å². The number of nitrogens with zero attached hydrogens (tertiary/aromatic N) is 5. The summed E-state index contributed by atoms with van der Waals surface area (Å²) in [5.41, 5.74) is 2.17. The molecule has 0 saturated carbocycles. The fourth-order valence-corrected chi connectivity index (χ4v) is 3.21. The Morgan fingerprint density at radius 1 is 1.48 bits per heavy atom. The maximum atomic E-state index is 12.6. The molecule has 0 spiro atoms. The summed E-state index contributed by atoms with van der Waals surface area (Å²) in [5, 5.41) is 7.24. The molecule has 25 heavy (non-hydrogen) atoms. The van der Waals surface area contributed by atoms with Gasteiger partial charge < -0.3 is 14.6 Å². The Morgan fingerprint density at radius 2 is 2.28 bits per heavy atom. The first-order valence-corrected chi connectivity index (χ1v) is 8.52. The van der Waals surface area contributed by atoms with Gasteiger partial charge in [-0.15, -0.1) is 0 Å². The lowest BCUT2D eigenvalue weighted by Gasteiger charge is -2.20. The fourth-order valence-electron chi connectivity index (χ4n) is 3.21. The molecule has 1 amide bonds. The van der Waals surface area contributed by atoms with Crippen LogP contribution in [0.1, 0.15) is 33.9 Å². The molecule has 0 bridgehead atoms. The van der Waals surface area contributed by atoms with Gasteiger partial charge in [-0.2, -0.15) is 5.10 Å². The zero-order valence-corrected chi connectivity index (χ0v) is 15.3. The van der Waals surface area contributed by atoms with Gasteiger partial charge in [-0.25, -0.2) is 4.98 Å². The number of likely N-dealkylation sites (tertiary alicyclic amines) is 1. The van der Waals surface area contributed by atoms with Gasteiger partial charge in [0.05, 0.1) is 6.54 Å². The first-order chi connectivity index (χ1) is 11.9. The molecule has 3 rings (SSSR count). The molecular weight excluding hydrogens is 320 g/mol. The Kier molecular flexibility index (Phi) is 5.19. The largest absolute Gasteiger partial charge is 0.448 e. The van der Waals surface area contributed by atoms with Crippen LogP contribution >= 0.6 is 0 Å². The van der Waals surface area contributed by atoms with Gasteiger partial charge in [-0.05, 0) is 27.4 Å². The van der Waals surface area contributed by atoms with Crippen molar-refractivity contribution < 1.29 is 9.21 Å². The highest BCUT2D eigenvalue weighted by Crippen LogP contribution is 2.18. The molecule has 8 nitrogen and oxygen atoms in total. The number of carbonyl (C=O) groups is 1. The summed E-state index contributed by atoms with van der Waals surface area (Å²) in [6.45, 7) is 4.96. The van der Waals surface area contributed by atoms with Crippen molar-refractivity contribution in [1.29, 1.82) is 0 Å². The van der Waals surface area contributed by atoms with E-state index in [9.17, 15) is 4.79 Å². The van der Waals surface area contributed by atoms with Crippen LogP contribution in [0.2, 0.25) is 0 Å². The first kappa shape index (κ1) is 17.6. The molecule has 136 valence electrons. The van der Waals surface area contributed by atoms with E-state index in [2.05, 4.69) is 39.3 Å². The number of likely N-dealkylation sites (N-methyl/N-ethyl adjacent to an activating group) is 1. The van der Waals surface area contributed by atoms with Crippen LogP contribution in [0.4, 0.5) is 0 Å². The van der Waals surface area contributed by atoms with E-state index in [1.807, 2.05) is 20.2 Å². The SMILES string of the molecule is Cc1ocnc1CNC(=O)c1nn(C)cc1CN1CCC(N(C)C)C1. The van der Waals surface area contributed by atoms with Gasteiger partial charge in [-0.3, -0.25) is 14.4 Å². The first-order valence-electron chi connectivity index (χ1n) is 8.52. The Morgan fingerprint density at radius 3 is 2.92 bits per heavy atom. The molecule has 0 aromatic carbocycles. The van der Waals surface area contributed by atoms with Crippen LogP contribution in [0.3, 0.4) is 0 Å². The average Bonchev–Trinajstić information content (AvgIpc) is 3.26. The van der Waals surface area contributed by atoms with Crippen molar-refractivity contribution in [3.05, 3.63) is 35.3 Å². The van der Waals surface area contributed by atoms with Crippen LogP contribution in [0.25, 0.3) is 0 Å². The maximum absolute atomic E-state index is 12.6. The van der Waals surface area contributed by atoms with Crippen LogP contribution in [-0.4, -0.2) is 63.7 Å². The summed E-state index contributed by atoms with van der Waals surface area (Å²) >= 11 is 0. The summed E-state index contributed by atoms with van der Waals surface area (Å²) in [4.78, 5) is 21.3. The van der Waals surface area contributed by atoms with Gasteiger partial charge in [0.2, 0.25) is 0 Å². The van der Waals surface area contributed by atoms with Gasteiger partial charge in [0, 0.05) is 44.5 Å². The van der Waals surface area contributed by atoms with Crippen LogP contribution in [0, 0.1) is 6.92 Å². The van der Waals surface area contributed by atoms with Crippen molar-refractivity contribution in [3.8, 4) is 0 Å². The molecule has 2 aromatic rings. The van der Waals surface area contributed by atoms with Crippen molar-refractivity contribution in [2.45, 2.75) is 32.5 Å². The number of aromatic nitrogens is 3. The second-order valence-electron chi connectivity index (χ2n) is 6.86. The highest BCUT2D eigenvalue weighted by atomic mass is 16.3. The molecule has 0 radical (unpaired) electrons. The molecule has 1 N–H and O–H groups in total. The standard InChI is InChI=1S/C17H26N6O2/c1-12-15(19-11-25-12)7-18-17(24)16-13(8-22(4)20-16)9-23-6-5-14(10-23)21(2)3/h8,11,14H,5-7,9-10H2,1-4H3,(H,18,24). The van der Waals surface area contributed by atoms with E-state index < -0.39 is 0 Å². The molecule has 1 aliphatic rings. The number of hydrogen-bond donors (Lipinski definition) is 1. The third-order valence-corrected chi connectivity index (χ3v) is 4.75. The number of aryl methyl sites for hydroxylation is 2. The minimum atomic E-state index is -0.179. The van der Waals surface area contributed by atoms with Crippen LogP contribution in [-0.2, 0) is 20.1 Å². The lowest BCUT2D eigenvalue weighted by molar-refractivity contribution is 0.0942. The van der Waals surface area contributed by atoms with E-state index in [-0.39, 0.29) is 5.91 Å². The summed E-state index contributed by atoms with van der Waals surface area (Å²) < 4.78 is 6.86. The quantitative estimate of drug-likeness (QED) is 0.833. The van der Waals surface area contributed by atoms with Crippen LogP contribution < -0.4 is 5.32 Å². The fraction of sp³-hybridized carbons (Fsp3) is 0.588. The summed E-state index contributed by atoms with van der Waals surface area (Å²) in [6, 6.07) is 0.573. The topological polar surface area (TPSA) is 79.4 Å². The van der Waals surface area contributed by atoms with Crippen molar-refractivity contribution >= 4 is 5.91 Å². The van der Waals surface area contributed by atoms with Gasteiger partial charge in [0.15, 0.2) is 12.1 Å². The molecule has 1 aliphatic heterocycles.